The van der Waals surface area contributed by atoms with Gasteiger partial charge in [-0.15, -0.1) is 0 Å². The number of primary amides is 1. The van der Waals surface area contributed by atoms with Crippen molar-refractivity contribution in [1.82, 2.24) is 10.3 Å². The summed E-state index contributed by atoms with van der Waals surface area (Å²) in [5, 5.41) is 2.00. The van der Waals surface area contributed by atoms with E-state index in [1.54, 1.807) is 13.8 Å². The van der Waals surface area contributed by atoms with Crippen LogP contribution in [-0.2, 0) is 9.53 Å². The molecule has 8 heteroatoms. The Morgan fingerprint density at radius 3 is 2.55 bits per heavy atom. The lowest BCUT2D eigenvalue weighted by Crippen LogP contribution is -2.45. The van der Waals surface area contributed by atoms with Crippen LogP contribution < -0.4 is 11.1 Å². The minimum Gasteiger partial charge on any atom is -0.448 e. The number of hydrogen-bond acceptors (Lipinski definition) is 5. The van der Waals surface area contributed by atoms with Crippen LogP contribution in [0, 0.1) is 5.92 Å². The number of carbonyl (C=O) groups is 3. The third-order valence-electron chi connectivity index (χ3n) is 2.31. The molecule has 108 valence electrons. The van der Waals surface area contributed by atoms with Crippen molar-refractivity contribution >= 4 is 29.5 Å². The molecule has 0 bridgehead atoms. The van der Waals surface area contributed by atoms with Crippen LogP contribution in [0.15, 0.2) is 18.3 Å². The largest absolute Gasteiger partial charge is 0.448 e. The fourth-order valence-electron chi connectivity index (χ4n) is 1.40. The van der Waals surface area contributed by atoms with E-state index in [1.165, 1.54) is 18.3 Å². The first-order chi connectivity index (χ1) is 9.31. The van der Waals surface area contributed by atoms with Crippen LogP contribution in [0.5, 0.6) is 0 Å². The Morgan fingerprint density at radius 1 is 1.40 bits per heavy atom. The zero-order valence-electron chi connectivity index (χ0n) is 10.9. The van der Waals surface area contributed by atoms with E-state index in [0.29, 0.717) is 0 Å². The number of nitrogens with zero attached hydrogens (tertiary/aromatic N) is 1. The van der Waals surface area contributed by atoms with Gasteiger partial charge in [-0.1, -0.05) is 25.4 Å². The second-order valence-corrected chi connectivity index (χ2v) is 4.68. The molecule has 1 rings (SSSR count). The lowest BCUT2D eigenvalue weighted by atomic mass is 10.1. The van der Waals surface area contributed by atoms with E-state index in [4.69, 9.17) is 22.1 Å². The molecule has 0 fully saturated rings. The first kappa shape index (κ1) is 15.9. The molecule has 0 saturated carbocycles. The van der Waals surface area contributed by atoms with Crippen molar-refractivity contribution in [3.63, 3.8) is 0 Å². The van der Waals surface area contributed by atoms with E-state index in [9.17, 15) is 14.4 Å². The summed E-state index contributed by atoms with van der Waals surface area (Å²) in [5.41, 5.74) is 5.01. The monoisotopic (exact) mass is 299 g/mol. The van der Waals surface area contributed by atoms with Crippen LogP contribution >= 0.6 is 11.6 Å². The van der Waals surface area contributed by atoms with E-state index in [0.717, 1.165) is 0 Å². The highest BCUT2D eigenvalue weighted by atomic mass is 35.5. The zero-order valence-corrected chi connectivity index (χ0v) is 11.7. The molecule has 1 aromatic heterocycles. The first-order valence-electron chi connectivity index (χ1n) is 5.74. The van der Waals surface area contributed by atoms with Gasteiger partial charge in [0, 0.05) is 6.20 Å². The second kappa shape index (κ2) is 6.85. The minimum absolute atomic E-state index is 0.127. The third-order valence-corrected chi connectivity index (χ3v) is 2.51. The van der Waals surface area contributed by atoms with Crippen LogP contribution in [0.2, 0.25) is 5.15 Å². The van der Waals surface area contributed by atoms with Gasteiger partial charge in [-0.2, -0.15) is 0 Å². The Morgan fingerprint density at radius 2 is 2.05 bits per heavy atom. The summed E-state index contributed by atoms with van der Waals surface area (Å²) in [6.07, 6.45) is 0.203. The third kappa shape index (κ3) is 4.51. The van der Waals surface area contributed by atoms with E-state index >= 15 is 0 Å². The number of halogens is 1. The normalized spacial score (nSPS) is 11.8. The number of urea groups is 1. The highest BCUT2D eigenvalue weighted by Crippen LogP contribution is 2.13. The molecule has 20 heavy (non-hydrogen) atoms. The molecular weight excluding hydrogens is 286 g/mol. The maximum Gasteiger partial charge on any atom is 0.339 e. The Bertz CT molecular complexity index is 533. The molecule has 1 atom stereocenters. The van der Waals surface area contributed by atoms with Crippen LogP contribution in [0.3, 0.4) is 0 Å². The molecule has 1 unspecified atom stereocenters. The number of amides is 3. The molecule has 0 aromatic carbocycles. The van der Waals surface area contributed by atoms with Crippen LogP contribution in [0.25, 0.3) is 0 Å². The van der Waals surface area contributed by atoms with Gasteiger partial charge in [-0.25, -0.2) is 14.6 Å². The van der Waals surface area contributed by atoms with Gasteiger partial charge in [0.1, 0.15) is 5.15 Å². The average Bonchev–Trinajstić information content (AvgIpc) is 2.34. The highest BCUT2D eigenvalue weighted by molar-refractivity contribution is 6.29. The molecule has 0 saturated heterocycles. The van der Waals surface area contributed by atoms with Crippen LogP contribution in [0.1, 0.15) is 24.2 Å². The Kier molecular flexibility index (Phi) is 5.45. The molecule has 0 spiro atoms. The summed E-state index contributed by atoms with van der Waals surface area (Å²) < 4.78 is 5.07. The molecule has 0 aliphatic heterocycles. The van der Waals surface area contributed by atoms with Gasteiger partial charge in [-0.05, 0) is 18.1 Å². The summed E-state index contributed by atoms with van der Waals surface area (Å²) in [7, 11) is 0. The molecule has 1 aromatic rings. The number of pyridine rings is 1. The van der Waals surface area contributed by atoms with Crippen molar-refractivity contribution in [2.24, 2.45) is 11.7 Å². The molecule has 3 amide bonds. The van der Waals surface area contributed by atoms with Gasteiger partial charge < -0.3 is 10.5 Å². The fraction of sp³-hybridized carbons (Fsp3) is 0.333. The number of aromatic nitrogens is 1. The summed E-state index contributed by atoms with van der Waals surface area (Å²) in [6.45, 7) is 3.33. The number of nitrogens with one attached hydrogen (secondary N) is 1. The number of imide groups is 1. The number of nitrogens with two attached hydrogens (primary N) is 1. The highest BCUT2D eigenvalue weighted by Gasteiger charge is 2.27. The van der Waals surface area contributed by atoms with Crippen molar-refractivity contribution < 1.29 is 19.1 Å². The van der Waals surface area contributed by atoms with E-state index in [-0.39, 0.29) is 16.6 Å². The predicted molar refractivity (Wildman–Crippen MR) is 71.0 cm³/mol. The molecule has 7 nitrogen and oxygen atoms in total. The zero-order chi connectivity index (χ0) is 15.3. The summed E-state index contributed by atoms with van der Waals surface area (Å²) >= 11 is 5.66. The number of hydrogen-bond donors (Lipinski definition) is 2. The maximum atomic E-state index is 11.9. The van der Waals surface area contributed by atoms with Gasteiger partial charge in [0.25, 0.3) is 5.91 Å². The summed E-state index contributed by atoms with van der Waals surface area (Å²) in [5.74, 6) is -1.86. The van der Waals surface area contributed by atoms with E-state index in [2.05, 4.69) is 4.98 Å². The van der Waals surface area contributed by atoms with Gasteiger partial charge in [0.2, 0.25) is 0 Å². The molecule has 0 aliphatic carbocycles. The quantitative estimate of drug-likeness (QED) is 0.639. The fourth-order valence-corrected chi connectivity index (χ4v) is 1.57. The molecular formula is C12H14ClN3O4. The van der Waals surface area contributed by atoms with Crippen LogP contribution in [0.4, 0.5) is 4.79 Å². The number of carbonyl (C=O) groups excluding carboxylic acids is 3. The van der Waals surface area contributed by atoms with Crippen molar-refractivity contribution in [2.45, 2.75) is 20.0 Å². The second-order valence-electron chi connectivity index (χ2n) is 4.29. The number of ether oxygens (including phenoxy) is 1. The average molecular weight is 300 g/mol. The predicted octanol–water partition coefficient (Wildman–Crippen LogP) is 1.11. The maximum absolute atomic E-state index is 11.9. The van der Waals surface area contributed by atoms with Crippen molar-refractivity contribution in [1.29, 1.82) is 0 Å². The first-order valence-corrected chi connectivity index (χ1v) is 6.12. The smallest absolute Gasteiger partial charge is 0.339 e. The SMILES string of the molecule is CC(C)C(OC(=O)c1ccnc(Cl)c1)C(=O)NC(N)=O. The standard InChI is InChI=1S/C12H14ClN3O4/c1-6(2)9(10(17)16-12(14)19)20-11(18)7-3-4-15-8(13)5-7/h3-6,9H,1-2H3,(H3,14,16,17,19). The van der Waals surface area contributed by atoms with E-state index < -0.39 is 24.0 Å². The molecule has 0 radical (unpaired) electrons. The molecule has 3 N–H and O–H groups in total. The molecule has 0 aliphatic rings. The van der Waals surface area contributed by atoms with Crippen molar-refractivity contribution in [3.8, 4) is 0 Å². The number of esters is 1. The molecule has 1 heterocycles. The van der Waals surface area contributed by atoms with Gasteiger partial charge in [-0.3, -0.25) is 10.1 Å². The Labute approximate surface area is 120 Å². The van der Waals surface area contributed by atoms with Gasteiger partial charge >= 0.3 is 12.0 Å². The summed E-state index contributed by atoms with van der Waals surface area (Å²) in [6, 6.07) is 1.70. The Balaban J connectivity index is 2.83. The lowest BCUT2D eigenvalue weighted by Gasteiger charge is -2.19. The lowest BCUT2D eigenvalue weighted by molar-refractivity contribution is -0.130. The minimum atomic E-state index is -1.14. The van der Waals surface area contributed by atoms with Gasteiger partial charge in [0.05, 0.1) is 5.56 Å². The Hall–Kier alpha value is -2.15. The topological polar surface area (TPSA) is 111 Å². The van der Waals surface area contributed by atoms with E-state index in [1.807, 2.05) is 5.32 Å². The van der Waals surface area contributed by atoms with Crippen molar-refractivity contribution in [2.75, 3.05) is 0 Å². The van der Waals surface area contributed by atoms with Gasteiger partial charge in [0.15, 0.2) is 6.10 Å². The number of rotatable bonds is 4. The van der Waals surface area contributed by atoms with Crippen LogP contribution in [-0.4, -0.2) is 29.0 Å². The van der Waals surface area contributed by atoms with Crippen molar-refractivity contribution in [3.05, 3.63) is 29.0 Å². The summed E-state index contributed by atoms with van der Waals surface area (Å²) in [4.78, 5) is 38.0.